The van der Waals surface area contributed by atoms with Crippen LogP contribution in [0.25, 0.3) is 0 Å². The van der Waals surface area contributed by atoms with Crippen molar-refractivity contribution in [3.05, 3.63) is 82.3 Å². The molecule has 0 fully saturated rings. The molecule has 2 aromatic carbocycles. The number of aromatic nitrogens is 2. The van der Waals surface area contributed by atoms with Gasteiger partial charge in [-0.2, -0.15) is 5.26 Å². The Morgan fingerprint density at radius 1 is 1.23 bits per heavy atom. The van der Waals surface area contributed by atoms with Crippen LogP contribution in [0.3, 0.4) is 0 Å². The lowest BCUT2D eigenvalue weighted by Gasteiger charge is -2.35. The highest BCUT2D eigenvalue weighted by Gasteiger charge is 2.31. The first-order valence-corrected chi connectivity index (χ1v) is 8.43. The average molecular weight is 348 g/mol. The molecule has 0 amide bonds. The molecule has 1 aromatic heterocycles. The van der Waals surface area contributed by atoms with Gasteiger partial charge >= 0.3 is 0 Å². The van der Waals surface area contributed by atoms with Gasteiger partial charge in [0, 0.05) is 25.6 Å². The molecule has 0 N–H and O–H groups in total. The summed E-state index contributed by atoms with van der Waals surface area (Å²) >= 11 is 0. The zero-order valence-electron chi connectivity index (χ0n) is 14.3. The van der Waals surface area contributed by atoms with Gasteiger partial charge in [0.15, 0.2) is 0 Å². The molecule has 0 aliphatic carbocycles. The molecule has 130 valence electrons. The Morgan fingerprint density at radius 3 is 2.73 bits per heavy atom. The third-order valence-electron chi connectivity index (χ3n) is 4.73. The number of halogens is 1. The third-order valence-corrected chi connectivity index (χ3v) is 4.73. The summed E-state index contributed by atoms with van der Waals surface area (Å²) in [6.45, 7) is 2.83. The maximum absolute atomic E-state index is 14.4. The second kappa shape index (κ2) is 6.70. The van der Waals surface area contributed by atoms with Crippen LogP contribution in [0.1, 0.15) is 40.1 Å². The molecule has 0 unspecified atom stereocenters. The summed E-state index contributed by atoms with van der Waals surface area (Å²) in [5.41, 5.74) is 3.32. The van der Waals surface area contributed by atoms with Crippen molar-refractivity contribution in [3.8, 4) is 6.07 Å². The van der Waals surface area contributed by atoms with Gasteiger partial charge in [-0.05, 0) is 29.7 Å². The van der Waals surface area contributed by atoms with Gasteiger partial charge in [0.25, 0.3) is 0 Å². The lowest BCUT2D eigenvalue weighted by atomic mass is 9.93. The van der Waals surface area contributed by atoms with Gasteiger partial charge in [0.2, 0.25) is 11.8 Å². The lowest BCUT2D eigenvalue weighted by Crippen LogP contribution is -2.34. The van der Waals surface area contributed by atoms with E-state index in [4.69, 9.17) is 9.68 Å². The van der Waals surface area contributed by atoms with Gasteiger partial charge < -0.3 is 4.42 Å². The second-order valence-electron chi connectivity index (χ2n) is 6.47. The fraction of sp³-hybridized carbons (Fsp3) is 0.250. The standard InChI is InChI=1S/C20H17FN4O/c1-13-23-24-20(26-13)19-9-15-4-2-3-5-16(15)11-25(19)12-17-7-6-14(10-22)8-18(17)21/h2-8,19H,9,11-12H2,1H3/t19-/m1/s1. The Hall–Kier alpha value is -3.04. The van der Waals surface area contributed by atoms with Crippen LogP contribution < -0.4 is 0 Å². The first-order chi connectivity index (χ1) is 12.6. The van der Waals surface area contributed by atoms with Crippen molar-refractivity contribution in [1.29, 1.82) is 5.26 Å². The Morgan fingerprint density at radius 2 is 2.04 bits per heavy atom. The highest BCUT2D eigenvalue weighted by molar-refractivity contribution is 5.34. The zero-order chi connectivity index (χ0) is 18.1. The van der Waals surface area contributed by atoms with Crippen LogP contribution in [0.4, 0.5) is 4.39 Å². The summed E-state index contributed by atoms with van der Waals surface area (Å²) in [5.74, 6) is 0.692. The van der Waals surface area contributed by atoms with Crippen molar-refractivity contribution >= 4 is 0 Å². The van der Waals surface area contributed by atoms with E-state index in [-0.39, 0.29) is 11.9 Å². The monoisotopic (exact) mass is 348 g/mol. The van der Waals surface area contributed by atoms with Crippen LogP contribution in [-0.2, 0) is 19.5 Å². The molecule has 4 rings (SSSR count). The Balaban J connectivity index is 1.68. The predicted molar refractivity (Wildman–Crippen MR) is 92.3 cm³/mol. The van der Waals surface area contributed by atoms with Gasteiger partial charge in [-0.1, -0.05) is 30.3 Å². The van der Waals surface area contributed by atoms with Crippen LogP contribution in [-0.4, -0.2) is 15.1 Å². The molecule has 0 radical (unpaired) electrons. The smallest absolute Gasteiger partial charge is 0.233 e. The fourth-order valence-electron chi connectivity index (χ4n) is 3.40. The predicted octanol–water partition coefficient (Wildman–Crippen LogP) is 3.69. The summed E-state index contributed by atoms with van der Waals surface area (Å²) in [6.07, 6.45) is 0.732. The highest BCUT2D eigenvalue weighted by atomic mass is 19.1. The normalized spacial score (nSPS) is 16.9. The van der Waals surface area contributed by atoms with E-state index in [1.807, 2.05) is 18.2 Å². The fourth-order valence-corrected chi connectivity index (χ4v) is 3.40. The molecule has 1 aliphatic heterocycles. The molecular formula is C20H17FN4O. The van der Waals surface area contributed by atoms with E-state index < -0.39 is 0 Å². The van der Waals surface area contributed by atoms with Crippen molar-refractivity contribution in [1.82, 2.24) is 15.1 Å². The number of nitrogens with zero attached hydrogens (tertiary/aromatic N) is 4. The molecule has 0 bridgehead atoms. The molecule has 0 saturated carbocycles. The molecule has 5 nitrogen and oxygen atoms in total. The number of fused-ring (bicyclic) bond motifs is 1. The molecule has 0 spiro atoms. The molecule has 1 atom stereocenters. The SMILES string of the molecule is Cc1nnc([C@H]2Cc3ccccc3CN2Cc2ccc(C#N)cc2F)o1. The van der Waals surface area contributed by atoms with Gasteiger partial charge in [0.05, 0.1) is 17.7 Å². The molecular weight excluding hydrogens is 331 g/mol. The number of benzene rings is 2. The van der Waals surface area contributed by atoms with E-state index in [2.05, 4.69) is 27.2 Å². The largest absolute Gasteiger partial charge is 0.424 e. The number of hydrogen-bond donors (Lipinski definition) is 0. The van der Waals surface area contributed by atoms with Crippen LogP contribution >= 0.6 is 0 Å². The van der Waals surface area contributed by atoms with Crippen molar-refractivity contribution in [3.63, 3.8) is 0 Å². The van der Waals surface area contributed by atoms with E-state index in [0.29, 0.717) is 36.0 Å². The Labute approximate surface area is 150 Å². The lowest BCUT2D eigenvalue weighted by molar-refractivity contribution is 0.135. The molecule has 26 heavy (non-hydrogen) atoms. The Kier molecular flexibility index (Phi) is 4.23. The van der Waals surface area contributed by atoms with Gasteiger partial charge in [-0.25, -0.2) is 4.39 Å². The van der Waals surface area contributed by atoms with Crippen molar-refractivity contribution in [2.75, 3.05) is 0 Å². The summed E-state index contributed by atoms with van der Waals surface area (Å²) in [5, 5.41) is 17.1. The highest BCUT2D eigenvalue weighted by Crippen LogP contribution is 2.34. The van der Waals surface area contributed by atoms with E-state index in [9.17, 15) is 4.39 Å². The van der Waals surface area contributed by atoms with Gasteiger partial charge in [-0.15, -0.1) is 10.2 Å². The first-order valence-electron chi connectivity index (χ1n) is 8.43. The minimum absolute atomic E-state index is 0.110. The quantitative estimate of drug-likeness (QED) is 0.722. The van der Waals surface area contributed by atoms with E-state index in [1.54, 1.807) is 19.1 Å². The van der Waals surface area contributed by atoms with Crippen molar-refractivity contribution < 1.29 is 8.81 Å². The summed E-state index contributed by atoms with van der Waals surface area (Å²) in [4.78, 5) is 2.14. The van der Waals surface area contributed by atoms with Gasteiger partial charge in [0.1, 0.15) is 5.82 Å². The number of aryl methyl sites for hydroxylation is 1. The minimum atomic E-state index is -0.372. The Bertz CT molecular complexity index is 991. The van der Waals surface area contributed by atoms with E-state index >= 15 is 0 Å². The number of nitriles is 1. The first kappa shape index (κ1) is 16.4. The van der Waals surface area contributed by atoms with Crippen LogP contribution in [0, 0.1) is 24.1 Å². The zero-order valence-corrected chi connectivity index (χ0v) is 14.3. The average Bonchev–Trinajstić information content (AvgIpc) is 3.09. The number of hydrogen-bond acceptors (Lipinski definition) is 5. The number of rotatable bonds is 3. The second-order valence-corrected chi connectivity index (χ2v) is 6.47. The van der Waals surface area contributed by atoms with E-state index in [0.717, 1.165) is 6.42 Å². The molecule has 3 aromatic rings. The molecule has 0 saturated heterocycles. The minimum Gasteiger partial charge on any atom is -0.424 e. The van der Waals surface area contributed by atoms with Crippen LogP contribution in [0.2, 0.25) is 0 Å². The van der Waals surface area contributed by atoms with E-state index in [1.165, 1.54) is 17.2 Å². The van der Waals surface area contributed by atoms with Crippen LogP contribution in [0.15, 0.2) is 46.9 Å². The van der Waals surface area contributed by atoms with Gasteiger partial charge in [-0.3, -0.25) is 4.90 Å². The molecule has 6 heteroatoms. The topological polar surface area (TPSA) is 66.0 Å². The summed E-state index contributed by atoms with van der Waals surface area (Å²) in [6, 6.07) is 14.7. The van der Waals surface area contributed by atoms with Crippen LogP contribution in [0.5, 0.6) is 0 Å². The summed E-state index contributed by atoms with van der Waals surface area (Å²) in [7, 11) is 0. The van der Waals surface area contributed by atoms with Crippen molar-refractivity contribution in [2.24, 2.45) is 0 Å². The summed E-state index contributed by atoms with van der Waals surface area (Å²) < 4.78 is 20.1. The maximum atomic E-state index is 14.4. The molecule has 2 heterocycles. The molecule has 1 aliphatic rings. The maximum Gasteiger partial charge on any atom is 0.233 e. The third kappa shape index (κ3) is 3.09. The van der Waals surface area contributed by atoms with Crippen molar-refractivity contribution in [2.45, 2.75) is 32.5 Å².